The van der Waals surface area contributed by atoms with Crippen molar-refractivity contribution in [1.82, 2.24) is 9.55 Å². The van der Waals surface area contributed by atoms with Gasteiger partial charge in [-0.3, -0.25) is 14.2 Å². The Morgan fingerprint density at radius 3 is 2.75 bits per heavy atom. The summed E-state index contributed by atoms with van der Waals surface area (Å²) in [5, 5.41) is 4.14. The molecule has 0 aliphatic rings. The van der Waals surface area contributed by atoms with Crippen molar-refractivity contribution >= 4 is 45.4 Å². The lowest BCUT2D eigenvalue weighted by molar-refractivity contribution is -0.113. The molecule has 0 saturated heterocycles. The van der Waals surface area contributed by atoms with Gasteiger partial charge in [0.15, 0.2) is 5.16 Å². The third-order valence-corrected chi connectivity index (χ3v) is 5.72. The number of hydrogen-bond donors (Lipinski definition) is 1. The van der Waals surface area contributed by atoms with Crippen molar-refractivity contribution in [2.24, 2.45) is 7.05 Å². The van der Waals surface area contributed by atoms with E-state index in [0.717, 1.165) is 16.6 Å². The van der Waals surface area contributed by atoms with Gasteiger partial charge < -0.3 is 9.73 Å². The maximum absolute atomic E-state index is 12.6. The number of carbonyl (C=O) groups excluding carboxylic acids is 1. The first-order chi connectivity index (χ1) is 13.4. The number of nitrogens with one attached hydrogen (secondary N) is 1. The minimum absolute atomic E-state index is 0.147. The number of aromatic nitrogens is 2. The maximum Gasteiger partial charge on any atom is 0.297 e. The molecule has 0 spiro atoms. The molecular formula is C21H19N3O3S. The lowest BCUT2D eigenvalue weighted by atomic mass is 10.1. The molecular weight excluding hydrogens is 374 g/mol. The quantitative estimate of drug-likeness (QED) is 0.418. The highest BCUT2D eigenvalue weighted by Crippen LogP contribution is 2.27. The highest BCUT2D eigenvalue weighted by atomic mass is 32.2. The Balaban J connectivity index is 1.58. The number of rotatable bonds is 4. The Bertz CT molecular complexity index is 1270. The number of hydrogen-bond acceptors (Lipinski definition) is 5. The minimum Gasteiger partial charge on any atom is -0.448 e. The molecule has 2 aromatic heterocycles. The van der Waals surface area contributed by atoms with Crippen LogP contribution in [0, 0.1) is 13.8 Å². The van der Waals surface area contributed by atoms with Crippen LogP contribution in [0.2, 0.25) is 0 Å². The van der Waals surface area contributed by atoms with Gasteiger partial charge in [-0.1, -0.05) is 30.0 Å². The molecule has 0 aliphatic carbocycles. The van der Waals surface area contributed by atoms with Gasteiger partial charge in [0.05, 0.1) is 5.75 Å². The number of para-hydroxylation sites is 1. The van der Waals surface area contributed by atoms with Crippen molar-refractivity contribution in [3.63, 3.8) is 0 Å². The van der Waals surface area contributed by atoms with Crippen LogP contribution in [-0.2, 0) is 11.8 Å². The molecule has 142 valence electrons. The molecule has 28 heavy (non-hydrogen) atoms. The second-order valence-corrected chi connectivity index (χ2v) is 7.61. The van der Waals surface area contributed by atoms with Crippen LogP contribution in [0.15, 0.2) is 56.8 Å². The lowest BCUT2D eigenvalue weighted by Crippen LogP contribution is -2.21. The summed E-state index contributed by atoms with van der Waals surface area (Å²) in [7, 11) is 1.63. The summed E-state index contributed by atoms with van der Waals surface area (Å²) < 4.78 is 7.08. The highest BCUT2D eigenvalue weighted by molar-refractivity contribution is 7.99. The molecule has 0 atom stereocenters. The van der Waals surface area contributed by atoms with Gasteiger partial charge in [0.2, 0.25) is 11.5 Å². The number of fused-ring (bicyclic) bond motifs is 3. The average Bonchev–Trinajstić information content (AvgIpc) is 3.05. The van der Waals surface area contributed by atoms with Gasteiger partial charge in [-0.25, -0.2) is 4.98 Å². The molecule has 0 radical (unpaired) electrons. The first kappa shape index (κ1) is 18.3. The second-order valence-electron chi connectivity index (χ2n) is 6.67. The number of aryl methyl sites for hydroxylation is 2. The van der Waals surface area contributed by atoms with Gasteiger partial charge in [0.25, 0.3) is 5.56 Å². The van der Waals surface area contributed by atoms with E-state index in [9.17, 15) is 9.59 Å². The Kier molecular flexibility index (Phi) is 4.68. The van der Waals surface area contributed by atoms with Crippen molar-refractivity contribution in [2.45, 2.75) is 19.0 Å². The first-order valence-corrected chi connectivity index (χ1v) is 9.81. The van der Waals surface area contributed by atoms with Gasteiger partial charge >= 0.3 is 0 Å². The van der Waals surface area contributed by atoms with Gasteiger partial charge in [-0.05, 0) is 49.2 Å². The molecule has 0 fully saturated rings. The van der Waals surface area contributed by atoms with Crippen molar-refractivity contribution in [2.75, 3.05) is 11.1 Å². The van der Waals surface area contributed by atoms with Crippen molar-refractivity contribution in [1.29, 1.82) is 0 Å². The van der Waals surface area contributed by atoms with Crippen LogP contribution < -0.4 is 10.9 Å². The first-order valence-electron chi connectivity index (χ1n) is 8.82. The molecule has 2 aromatic carbocycles. The fraction of sp³-hybridized carbons (Fsp3) is 0.190. The predicted octanol–water partition coefficient (Wildman–Crippen LogP) is 4.03. The second kappa shape index (κ2) is 7.16. The number of benzene rings is 2. The van der Waals surface area contributed by atoms with Crippen molar-refractivity contribution in [3.8, 4) is 0 Å². The lowest BCUT2D eigenvalue weighted by Gasteiger charge is -2.09. The minimum atomic E-state index is -0.265. The summed E-state index contributed by atoms with van der Waals surface area (Å²) in [6.07, 6.45) is 0. The fourth-order valence-corrected chi connectivity index (χ4v) is 3.74. The van der Waals surface area contributed by atoms with E-state index in [0.29, 0.717) is 16.3 Å². The summed E-state index contributed by atoms with van der Waals surface area (Å²) >= 11 is 1.22. The summed E-state index contributed by atoms with van der Waals surface area (Å²) in [6, 6.07) is 13.2. The highest BCUT2D eigenvalue weighted by Gasteiger charge is 2.16. The number of thioether (sulfide) groups is 1. The Hall–Kier alpha value is -3.06. The van der Waals surface area contributed by atoms with E-state index in [-0.39, 0.29) is 22.8 Å². The van der Waals surface area contributed by atoms with E-state index in [2.05, 4.69) is 10.3 Å². The van der Waals surface area contributed by atoms with Crippen LogP contribution in [0.25, 0.3) is 22.1 Å². The Labute approximate surface area is 165 Å². The fourth-order valence-electron chi connectivity index (χ4n) is 2.97. The molecule has 0 bridgehead atoms. The average molecular weight is 393 g/mol. The van der Waals surface area contributed by atoms with E-state index in [4.69, 9.17) is 4.42 Å². The molecule has 0 aliphatic heterocycles. The molecule has 4 rings (SSSR count). The SMILES string of the molecule is Cc1ccc(NC(=O)CSc2nc3c(oc4ccccc43)c(=O)n2C)cc1C. The van der Waals surface area contributed by atoms with E-state index in [1.807, 2.05) is 50.2 Å². The molecule has 4 aromatic rings. The summed E-state index contributed by atoms with van der Waals surface area (Å²) in [5.74, 6) is -0.00579. The molecule has 1 N–H and O–H groups in total. The summed E-state index contributed by atoms with van der Waals surface area (Å²) in [6.45, 7) is 4.03. The smallest absolute Gasteiger partial charge is 0.297 e. The number of nitrogens with zero attached hydrogens (tertiary/aromatic N) is 2. The van der Waals surface area contributed by atoms with E-state index < -0.39 is 0 Å². The molecule has 0 unspecified atom stereocenters. The number of furan rings is 1. The topological polar surface area (TPSA) is 77.1 Å². The van der Waals surface area contributed by atoms with Gasteiger partial charge in [-0.2, -0.15) is 0 Å². The Morgan fingerprint density at radius 1 is 1.18 bits per heavy atom. The predicted molar refractivity (Wildman–Crippen MR) is 112 cm³/mol. The van der Waals surface area contributed by atoms with Crippen LogP contribution >= 0.6 is 11.8 Å². The van der Waals surface area contributed by atoms with Crippen LogP contribution in [0.1, 0.15) is 11.1 Å². The van der Waals surface area contributed by atoms with Crippen LogP contribution in [0.3, 0.4) is 0 Å². The van der Waals surface area contributed by atoms with Gasteiger partial charge in [0, 0.05) is 18.1 Å². The third kappa shape index (κ3) is 3.29. The zero-order valence-electron chi connectivity index (χ0n) is 15.8. The van der Waals surface area contributed by atoms with Crippen LogP contribution in [0.4, 0.5) is 5.69 Å². The normalized spacial score (nSPS) is 11.2. The maximum atomic E-state index is 12.6. The molecule has 7 heteroatoms. The monoisotopic (exact) mass is 393 g/mol. The van der Waals surface area contributed by atoms with E-state index >= 15 is 0 Å². The van der Waals surface area contributed by atoms with Crippen molar-refractivity contribution < 1.29 is 9.21 Å². The van der Waals surface area contributed by atoms with Gasteiger partial charge in [-0.15, -0.1) is 0 Å². The molecule has 6 nitrogen and oxygen atoms in total. The number of carbonyl (C=O) groups is 1. The molecule has 0 saturated carbocycles. The summed E-state index contributed by atoms with van der Waals surface area (Å²) in [4.78, 5) is 29.6. The largest absolute Gasteiger partial charge is 0.448 e. The van der Waals surface area contributed by atoms with E-state index in [1.165, 1.54) is 21.9 Å². The van der Waals surface area contributed by atoms with Crippen LogP contribution in [-0.4, -0.2) is 21.2 Å². The van der Waals surface area contributed by atoms with Crippen molar-refractivity contribution in [3.05, 3.63) is 63.9 Å². The zero-order chi connectivity index (χ0) is 19.8. The molecule has 1 amide bonds. The third-order valence-electron chi connectivity index (χ3n) is 4.69. The summed E-state index contributed by atoms with van der Waals surface area (Å²) in [5.41, 5.74) is 4.16. The standard InChI is InChI=1S/C21H19N3O3S/c1-12-8-9-14(10-13(12)2)22-17(25)11-28-21-23-18-15-6-4-5-7-16(15)27-19(18)20(26)24(21)3/h4-10H,11H2,1-3H3,(H,22,25). The zero-order valence-corrected chi connectivity index (χ0v) is 16.6. The Morgan fingerprint density at radius 2 is 1.96 bits per heavy atom. The number of anilines is 1. The van der Waals surface area contributed by atoms with E-state index in [1.54, 1.807) is 13.1 Å². The van der Waals surface area contributed by atoms with Gasteiger partial charge in [0.1, 0.15) is 11.1 Å². The number of amides is 1. The molecule has 2 heterocycles. The van der Waals surface area contributed by atoms with Crippen LogP contribution in [0.5, 0.6) is 0 Å².